The number of hydrogen-bond acceptors (Lipinski definition) is 4. The van der Waals surface area contributed by atoms with Crippen LogP contribution in [-0.4, -0.2) is 35.3 Å². The zero-order chi connectivity index (χ0) is 15.0. The fourth-order valence-electron chi connectivity index (χ4n) is 3.17. The molecule has 5 heteroatoms. The van der Waals surface area contributed by atoms with Crippen molar-refractivity contribution in [2.24, 2.45) is 17.8 Å². The van der Waals surface area contributed by atoms with Crippen molar-refractivity contribution in [3.8, 4) is 5.88 Å². The van der Waals surface area contributed by atoms with Crippen molar-refractivity contribution in [3.05, 3.63) is 18.2 Å². The summed E-state index contributed by atoms with van der Waals surface area (Å²) in [4.78, 5) is 18.1. The SMILES string of the molecule is CC(C)Oc1cccc(N2C[C@@H](C(=O)O)[C@H](C3CC3)C2)n1. The summed E-state index contributed by atoms with van der Waals surface area (Å²) in [6.45, 7) is 5.27. The zero-order valence-electron chi connectivity index (χ0n) is 12.5. The lowest BCUT2D eigenvalue weighted by atomic mass is 9.92. The first kappa shape index (κ1) is 14.2. The summed E-state index contributed by atoms with van der Waals surface area (Å²) in [5.41, 5.74) is 0. The number of carboxylic acid groups (broad SMARTS) is 1. The maximum absolute atomic E-state index is 11.5. The predicted octanol–water partition coefficient (Wildman–Crippen LogP) is 2.42. The Hall–Kier alpha value is -1.78. The molecule has 0 spiro atoms. The Kier molecular flexibility index (Phi) is 3.74. The number of hydrogen-bond donors (Lipinski definition) is 1. The second-order valence-electron chi connectivity index (χ2n) is 6.35. The molecule has 0 amide bonds. The fourth-order valence-corrected chi connectivity index (χ4v) is 3.17. The number of rotatable bonds is 5. The number of ether oxygens (including phenoxy) is 1. The summed E-state index contributed by atoms with van der Waals surface area (Å²) in [5.74, 6) is 1.33. The van der Waals surface area contributed by atoms with Gasteiger partial charge < -0.3 is 14.7 Å². The molecule has 2 aliphatic rings. The molecule has 0 unspecified atom stereocenters. The van der Waals surface area contributed by atoms with E-state index in [2.05, 4.69) is 9.88 Å². The minimum Gasteiger partial charge on any atom is -0.481 e. The van der Waals surface area contributed by atoms with E-state index < -0.39 is 5.97 Å². The van der Waals surface area contributed by atoms with Crippen LogP contribution in [0.5, 0.6) is 5.88 Å². The molecule has 1 saturated heterocycles. The molecule has 2 fully saturated rings. The van der Waals surface area contributed by atoms with Crippen molar-refractivity contribution in [2.75, 3.05) is 18.0 Å². The van der Waals surface area contributed by atoms with E-state index in [1.54, 1.807) is 0 Å². The average Bonchev–Trinajstić information content (AvgIpc) is 3.16. The van der Waals surface area contributed by atoms with Gasteiger partial charge in [-0.05, 0) is 44.6 Å². The molecule has 3 rings (SSSR count). The number of pyridine rings is 1. The van der Waals surface area contributed by atoms with Gasteiger partial charge in [-0.3, -0.25) is 4.79 Å². The van der Waals surface area contributed by atoms with Gasteiger partial charge in [0, 0.05) is 19.2 Å². The minimum absolute atomic E-state index is 0.0808. The third-order valence-corrected chi connectivity index (χ3v) is 4.30. The monoisotopic (exact) mass is 290 g/mol. The minimum atomic E-state index is -0.677. The molecule has 21 heavy (non-hydrogen) atoms. The van der Waals surface area contributed by atoms with E-state index in [1.807, 2.05) is 32.0 Å². The van der Waals surface area contributed by atoms with Crippen LogP contribution in [0.15, 0.2) is 18.2 Å². The Morgan fingerprint density at radius 3 is 2.76 bits per heavy atom. The highest BCUT2D eigenvalue weighted by Gasteiger charge is 2.46. The van der Waals surface area contributed by atoms with Crippen LogP contribution in [-0.2, 0) is 4.79 Å². The zero-order valence-corrected chi connectivity index (χ0v) is 12.5. The van der Waals surface area contributed by atoms with Gasteiger partial charge in [-0.2, -0.15) is 4.98 Å². The van der Waals surface area contributed by atoms with Crippen molar-refractivity contribution in [1.29, 1.82) is 0 Å². The molecule has 0 aromatic carbocycles. The predicted molar refractivity (Wildman–Crippen MR) is 79.6 cm³/mol. The second kappa shape index (κ2) is 5.54. The molecule has 0 radical (unpaired) electrons. The average molecular weight is 290 g/mol. The first-order valence-corrected chi connectivity index (χ1v) is 7.66. The molecule has 2 atom stereocenters. The fraction of sp³-hybridized carbons (Fsp3) is 0.625. The largest absolute Gasteiger partial charge is 0.481 e. The molecule has 1 N–H and O–H groups in total. The molecule has 2 heterocycles. The maximum Gasteiger partial charge on any atom is 0.308 e. The van der Waals surface area contributed by atoms with Crippen molar-refractivity contribution in [3.63, 3.8) is 0 Å². The van der Waals surface area contributed by atoms with Crippen LogP contribution in [0.3, 0.4) is 0 Å². The number of aliphatic carboxylic acids is 1. The molecule has 1 saturated carbocycles. The van der Waals surface area contributed by atoms with Crippen LogP contribution >= 0.6 is 0 Å². The van der Waals surface area contributed by atoms with E-state index in [4.69, 9.17) is 4.74 Å². The molecular formula is C16H22N2O3. The smallest absolute Gasteiger partial charge is 0.308 e. The molecule has 0 bridgehead atoms. The molecule has 114 valence electrons. The molecule has 1 aliphatic heterocycles. The number of nitrogens with zero attached hydrogens (tertiary/aromatic N) is 2. The van der Waals surface area contributed by atoms with Crippen molar-refractivity contribution in [2.45, 2.75) is 32.8 Å². The summed E-state index contributed by atoms with van der Waals surface area (Å²) in [6, 6.07) is 5.69. The van der Waals surface area contributed by atoms with Crippen LogP contribution in [0, 0.1) is 17.8 Å². The molecular weight excluding hydrogens is 268 g/mol. The third kappa shape index (κ3) is 3.12. The standard InChI is InChI=1S/C16H22N2O3/c1-10(2)21-15-5-3-4-14(17-15)18-8-12(11-6-7-11)13(9-18)16(19)20/h3-5,10-13H,6-9H2,1-2H3,(H,19,20)/t12-,13+/m0/s1. The lowest BCUT2D eigenvalue weighted by Gasteiger charge is -2.18. The lowest BCUT2D eigenvalue weighted by molar-refractivity contribution is -0.142. The number of carbonyl (C=O) groups is 1. The first-order valence-electron chi connectivity index (χ1n) is 7.66. The van der Waals surface area contributed by atoms with Crippen LogP contribution < -0.4 is 9.64 Å². The number of anilines is 1. The maximum atomic E-state index is 11.5. The van der Waals surface area contributed by atoms with E-state index in [1.165, 1.54) is 12.8 Å². The highest BCUT2D eigenvalue weighted by atomic mass is 16.5. The van der Waals surface area contributed by atoms with Gasteiger partial charge in [0.2, 0.25) is 5.88 Å². The molecule has 1 aliphatic carbocycles. The van der Waals surface area contributed by atoms with Gasteiger partial charge in [0.25, 0.3) is 0 Å². The van der Waals surface area contributed by atoms with Crippen molar-refractivity contribution in [1.82, 2.24) is 4.98 Å². The van der Waals surface area contributed by atoms with Crippen LogP contribution in [0.2, 0.25) is 0 Å². The van der Waals surface area contributed by atoms with Gasteiger partial charge in [0.1, 0.15) is 5.82 Å². The Morgan fingerprint density at radius 2 is 2.14 bits per heavy atom. The van der Waals surface area contributed by atoms with Gasteiger partial charge in [-0.15, -0.1) is 0 Å². The Bertz CT molecular complexity index is 528. The van der Waals surface area contributed by atoms with E-state index in [9.17, 15) is 9.90 Å². The van der Waals surface area contributed by atoms with E-state index in [-0.39, 0.29) is 17.9 Å². The van der Waals surface area contributed by atoms with Gasteiger partial charge in [-0.25, -0.2) is 0 Å². The van der Waals surface area contributed by atoms with Gasteiger partial charge in [0.15, 0.2) is 0 Å². The van der Waals surface area contributed by atoms with Crippen LogP contribution in [0.25, 0.3) is 0 Å². The Balaban J connectivity index is 1.76. The first-order chi connectivity index (χ1) is 10.0. The van der Waals surface area contributed by atoms with E-state index >= 15 is 0 Å². The highest BCUT2D eigenvalue weighted by Crippen LogP contribution is 2.44. The molecule has 1 aromatic rings. The van der Waals surface area contributed by atoms with Gasteiger partial charge in [0.05, 0.1) is 12.0 Å². The molecule has 1 aromatic heterocycles. The number of aromatic nitrogens is 1. The van der Waals surface area contributed by atoms with Crippen molar-refractivity contribution >= 4 is 11.8 Å². The normalized spacial score (nSPS) is 25.4. The Morgan fingerprint density at radius 1 is 1.38 bits per heavy atom. The highest BCUT2D eigenvalue weighted by molar-refractivity contribution is 5.72. The lowest BCUT2D eigenvalue weighted by Crippen LogP contribution is -2.24. The van der Waals surface area contributed by atoms with Crippen LogP contribution in [0.1, 0.15) is 26.7 Å². The summed E-state index contributed by atoms with van der Waals surface area (Å²) in [6.07, 6.45) is 2.43. The molecule has 5 nitrogen and oxygen atoms in total. The number of carboxylic acids is 1. The van der Waals surface area contributed by atoms with Gasteiger partial charge in [-0.1, -0.05) is 6.07 Å². The summed E-state index contributed by atoms with van der Waals surface area (Å²) >= 11 is 0. The third-order valence-electron chi connectivity index (χ3n) is 4.30. The van der Waals surface area contributed by atoms with Crippen molar-refractivity contribution < 1.29 is 14.6 Å². The van der Waals surface area contributed by atoms with Gasteiger partial charge >= 0.3 is 5.97 Å². The summed E-state index contributed by atoms with van der Waals surface area (Å²) in [5, 5.41) is 9.43. The summed E-state index contributed by atoms with van der Waals surface area (Å²) in [7, 11) is 0. The quantitative estimate of drug-likeness (QED) is 0.902. The Labute approximate surface area is 124 Å². The second-order valence-corrected chi connectivity index (χ2v) is 6.35. The topological polar surface area (TPSA) is 62.7 Å². The summed E-state index contributed by atoms with van der Waals surface area (Å²) < 4.78 is 5.62. The van der Waals surface area contributed by atoms with E-state index in [0.29, 0.717) is 18.3 Å². The van der Waals surface area contributed by atoms with E-state index in [0.717, 1.165) is 12.4 Å². The van der Waals surface area contributed by atoms with Crippen LogP contribution in [0.4, 0.5) is 5.82 Å².